The van der Waals surface area contributed by atoms with Gasteiger partial charge in [-0.1, -0.05) is 0 Å². The lowest BCUT2D eigenvalue weighted by Gasteiger charge is -2.11. The molecule has 0 saturated heterocycles. The van der Waals surface area contributed by atoms with Gasteiger partial charge in [0.1, 0.15) is 0 Å². The Labute approximate surface area is 122 Å². The summed E-state index contributed by atoms with van der Waals surface area (Å²) in [6, 6.07) is 2.71. The van der Waals surface area contributed by atoms with Crippen LogP contribution in [0.5, 0.6) is 17.2 Å². The van der Waals surface area contributed by atoms with Gasteiger partial charge >= 0.3 is 5.97 Å². The van der Waals surface area contributed by atoms with Crippen molar-refractivity contribution in [3.63, 3.8) is 0 Å². The van der Waals surface area contributed by atoms with Gasteiger partial charge in [0.25, 0.3) is 0 Å². The van der Waals surface area contributed by atoms with Gasteiger partial charge in [-0.2, -0.15) is 0 Å². The molecule has 0 fully saturated rings. The van der Waals surface area contributed by atoms with Crippen LogP contribution in [0.3, 0.4) is 0 Å². The summed E-state index contributed by atoms with van der Waals surface area (Å²) >= 11 is 0. The van der Waals surface area contributed by atoms with Crippen molar-refractivity contribution < 1.29 is 28.9 Å². The van der Waals surface area contributed by atoms with Crippen molar-refractivity contribution in [2.24, 2.45) is 5.73 Å². The third-order valence-electron chi connectivity index (χ3n) is 2.75. The number of rotatable bonds is 8. The van der Waals surface area contributed by atoms with Gasteiger partial charge in [-0.3, -0.25) is 9.59 Å². The average molecular weight is 297 g/mol. The Kier molecular flexibility index (Phi) is 6.48. The molecule has 0 aliphatic carbocycles. The maximum Gasteiger partial charge on any atom is 0.306 e. The zero-order chi connectivity index (χ0) is 15.8. The predicted octanol–water partition coefficient (Wildman–Crippen LogP) is 0.874. The Morgan fingerprint density at radius 2 is 1.76 bits per heavy atom. The van der Waals surface area contributed by atoms with E-state index in [1.165, 1.54) is 26.4 Å². The van der Waals surface area contributed by atoms with Gasteiger partial charge in [0.15, 0.2) is 18.1 Å². The van der Waals surface area contributed by atoms with Crippen LogP contribution in [0.15, 0.2) is 12.1 Å². The van der Waals surface area contributed by atoms with E-state index in [-0.39, 0.29) is 35.8 Å². The van der Waals surface area contributed by atoms with E-state index in [0.717, 1.165) is 0 Å². The maximum atomic E-state index is 12.0. The molecule has 0 radical (unpaired) electrons. The van der Waals surface area contributed by atoms with Crippen molar-refractivity contribution in [3.05, 3.63) is 17.7 Å². The Morgan fingerprint density at radius 3 is 2.24 bits per heavy atom. The molecule has 0 spiro atoms. The molecule has 0 heterocycles. The smallest absolute Gasteiger partial charge is 0.306 e. The molecule has 0 atom stereocenters. The number of carbonyl (C=O) groups is 2. The van der Waals surface area contributed by atoms with Gasteiger partial charge in [0, 0.05) is 12.0 Å². The summed E-state index contributed by atoms with van der Waals surface area (Å²) in [5.74, 6) is -0.894. The Bertz CT molecular complexity index is 489. The van der Waals surface area contributed by atoms with Crippen molar-refractivity contribution in [1.29, 1.82) is 0 Å². The topological polar surface area (TPSA) is 108 Å². The molecule has 0 amide bonds. The standard InChI is InChI=1S/C14H19NO6/c1-19-11-6-9(7-12(20-2)14(11)18)10(16)8-21-13(17)4-3-5-15/h6-7,18H,3-5,8,15H2,1-2H3. The zero-order valence-corrected chi connectivity index (χ0v) is 12.0. The third-order valence-corrected chi connectivity index (χ3v) is 2.75. The molecule has 3 N–H and O–H groups in total. The van der Waals surface area contributed by atoms with Crippen LogP contribution in [0.25, 0.3) is 0 Å². The normalized spacial score (nSPS) is 10.0. The lowest BCUT2D eigenvalue weighted by atomic mass is 10.1. The Hall–Kier alpha value is -2.28. The number of ketones is 1. The summed E-state index contributed by atoms with van der Waals surface area (Å²) < 4.78 is 14.8. The van der Waals surface area contributed by atoms with Gasteiger partial charge in [-0.05, 0) is 25.1 Å². The molecule has 1 aromatic carbocycles. The number of aromatic hydroxyl groups is 1. The van der Waals surface area contributed by atoms with Crippen LogP contribution in [0.4, 0.5) is 0 Å². The second-order valence-electron chi connectivity index (χ2n) is 4.21. The quantitative estimate of drug-likeness (QED) is 0.541. The van der Waals surface area contributed by atoms with Crippen molar-refractivity contribution in [1.82, 2.24) is 0 Å². The Balaban J connectivity index is 2.76. The minimum atomic E-state index is -0.480. The fourth-order valence-corrected chi connectivity index (χ4v) is 1.60. The van der Waals surface area contributed by atoms with Crippen molar-refractivity contribution in [2.45, 2.75) is 12.8 Å². The Morgan fingerprint density at radius 1 is 1.19 bits per heavy atom. The molecule has 7 nitrogen and oxygen atoms in total. The number of methoxy groups -OCH3 is 2. The van der Waals surface area contributed by atoms with Crippen LogP contribution in [-0.4, -0.2) is 44.2 Å². The van der Waals surface area contributed by atoms with E-state index in [4.69, 9.17) is 19.9 Å². The number of esters is 1. The van der Waals surface area contributed by atoms with E-state index in [9.17, 15) is 14.7 Å². The third kappa shape index (κ3) is 4.64. The molecule has 21 heavy (non-hydrogen) atoms. The molecule has 0 saturated carbocycles. The van der Waals surface area contributed by atoms with E-state index in [1.807, 2.05) is 0 Å². The largest absolute Gasteiger partial charge is 0.502 e. The van der Waals surface area contributed by atoms with Gasteiger partial charge in [0.05, 0.1) is 14.2 Å². The van der Waals surface area contributed by atoms with Crippen LogP contribution >= 0.6 is 0 Å². The zero-order valence-electron chi connectivity index (χ0n) is 12.0. The summed E-state index contributed by atoms with van der Waals surface area (Å²) in [6.07, 6.45) is 0.680. The van der Waals surface area contributed by atoms with E-state index >= 15 is 0 Å². The number of Topliss-reactive ketones (excluding diaryl/α,β-unsaturated/α-hetero) is 1. The van der Waals surface area contributed by atoms with E-state index in [1.54, 1.807) is 0 Å². The highest BCUT2D eigenvalue weighted by Crippen LogP contribution is 2.37. The molecule has 7 heteroatoms. The average Bonchev–Trinajstić information content (AvgIpc) is 2.50. The first kappa shape index (κ1) is 16.8. The molecule has 0 aromatic heterocycles. The van der Waals surface area contributed by atoms with E-state index in [0.29, 0.717) is 13.0 Å². The fraction of sp³-hybridized carbons (Fsp3) is 0.429. The molecular weight excluding hydrogens is 278 g/mol. The number of phenols is 1. The van der Waals surface area contributed by atoms with Crippen LogP contribution in [0, 0.1) is 0 Å². The number of carbonyl (C=O) groups excluding carboxylic acids is 2. The molecule has 0 aliphatic heterocycles. The monoisotopic (exact) mass is 297 g/mol. The number of ether oxygens (including phenoxy) is 3. The number of nitrogens with two attached hydrogens (primary N) is 1. The fourth-order valence-electron chi connectivity index (χ4n) is 1.60. The summed E-state index contributed by atoms with van der Waals surface area (Å²) in [7, 11) is 2.71. The molecular formula is C14H19NO6. The molecule has 1 rings (SSSR count). The van der Waals surface area contributed by atoms with Gasteiger partial charge < -0.3 is 25.1 Å². The highest BCUT2D eigenvalue weighted by atomic mass is 16.5. The minimum Gasteiger partial charge on any atom is -0.502 e. The molecule has 0 aliphatic rings. The highest BCUT2D eigenvalue weighted by Gasteiger charge is 2.16. The minimum absolute atomic E-state index is 0.104. The van der Waals surface area contributed by atoms with Gasteiger partial charge in [-0.25, -0.2) is 0 Å². The van der Waals surface area contributed by atoms with Crippen molar-refractivity contribution in [2.75, 3.05) is 27.4 Å². The first-order valence-electron chi connectivity index (χ1n) is 6.37. The first-order valence-corrected chi connectivity index (χ1v) is 6.37. The highest BCUT2D eigenvalue weighted by molar-refractivity contribution is 5.99. The molecule has 0 unspecified atom stereocenters. The van der Waals surface area contributed by atoms with Crippen molar-refractivity contribution >= 4 is 11.8 Å². The van der Waals surface area contributed by atoms with Crippen LogP contribution in [-0.2, 0) is 9.53 Å². The summed E-state index contributed by atoms with van der Waals surface area (Å²) in [6.45, 7) is -0.00407. The van der Waals surface area contributed by atoms with Gasteiger partial charge in [0.2, 0.25) is 11.5 Å². The second-order valence-corrected chi connectivity index (χ2v) is 4.21. The molecule has 116 valence electrons. The predicted molar refractivity (Wildman–Crippen MR) is 74.8 cm³/mol. The SMILES string of the molecule is COc1cc(C(=O)COC(=O)CCCN)cc(OC)c1O. The molecule has 1 aromatic rings. The molecule has 0 bridgehead atoms. The van der Waals surface area contributed by atoms with Crippen LogP contribution < -0.4 is 15.2 Å². The first-order chi connectivity index (χ1) is 10.0. The number of phenolic OH excluding ortho intramolecular Hbond substituents is 1. The van der Waals surface area contributed by atoms with Crippen LogP contribution in [0.2, 0.25) is 0 Å². The summed E-state index contributed by atoms with van der Waals surface area (Å²) in [5.41, 5.74) is 5.49. The second kappa shape index (κ2) is 8.11. The number of hydrogen-bond acceptors (Lipinski definition) is 7. The number of hydrogen-bond donors (Lipinski definition) is 2. The van der Waals surface area contributed by atoms with E-state index in [2.05, 4.69) is 0 Å². The maximum absolute atomic E-state index is 12.0. The number of benzene rings is 1. The van der Waals surface area contributed by atoms with Crippen molar-refractivity contribution in [3.8, 4) is 17.2 Å². The van der Waals surface area contributed by atoms with Gasteiger partial charge in [-0.15, -0.1) is 0 Å². The van der Waals surface area contributed by atoms with Crippen LogP contribution in [0.1, 0.15) is 23.2 Å². The summed E-state index contributed by atoms with van der Waals surface area (Å²) in [5, 5.41) is 9.75. The summed E-state index contributed by atoms with van der Waals surface area (Å²) in [4.78, 5) is 23.3. The lowest BCUT2D eigenvalue weighted by Crippen LogP contribution is -2.15. The lowest BCUT2D eigenvalue weighted by molar-refractivity contribution is -0.142. The van der Waals surface area contributed by atoms with E-state index < -0.39 is 11.8 Å².